The van der Waals surface area contributed by atoms with E-state index in [-0.39, 0.29) is 11.7 Å². The van der Waals surface area contributed by atoms with Crippen LogP contribution in [0.3, 0.4) is 0 Å². The molecule has 0 aromatic heterocycles. The van der Waals surface area contributed by atoms with E-state index < -0.39 is 11.8 Å². The van der Waals surface area contributed by atoms with Crippen molar-refractivity contribution < 1.29 is 14.3 Å². The van der Waals surface area contributed by atoms with Crippen LogP contribution in [0.1, 0.15) is 19.8 Å². The highest BCUT2D eigenvalue weighted by Gasteiger charge is 2.24. The second kappa shape index (κ2) is 8.13. The average molecular weight is 328 g/mol. The Balaban J connectivity index is 2.12. The molecule has 3 N–H and O–H groups in total. The zero-order chi connectivity index (χ0) is 17.5. The monoisotopic (exact) mass is 328 g/mol. The molecule has 1 saturated heterocycles. The van der Waals surface area contributed by atoms with E-state index in [0.717, 1.165) is 24.3 Å². The standard InChI is InChI=1S/C17H20N4O3/c1-12(22)21(15-6-4-14(19)5-7-15)17(23)13(9-18)10-20-11-16-3-2-8-24-16/h4-7,10,16,20H,2-3,8,11,19H2,1H3/b13-10-. The van der Waals surface area contributed by atoms with Crippen molar-refractivity contribution in [3.8, 4) is 6.07 Å². The maximum absolute atomic E-state index is 12.5. The number of amides is 2. The first-order chi connectivity index (χ1) is 11.5. The zero-order valence-corrected chi connectivity index (χ0v) is 13.5. The van der Waals surface area contributed by atoms with Crippen LogP contribution in [-0.2, 0) is 14.3 Å². The number of imide groups is 1. The fourth-order valence-electron chi connectivity index (χ4n) is 2.43. The molecular weight excluding hydrogens is 308 g/mol. The van der Waals surface area contributed by atoms with Gasteiger partial charge in [-0.15, -0.1) is 0 Å². The molecule has 1 aliphatic heterocycles. The molecule has 7 heteroatoms. The molecule has 1 aromatic rings. The number of anilines is 2. The van der Waals surface area contributed by atoms with E-state index in [9.17, 15) is 14.9 Å². The van der Waals surface area contributed by atoms with Gasteiger partial charge in [-0.05, 0) is 37.1 Å². The Labute approximate surface area is 140 Å². The number of nitrogens with two attached hydrogens (primary N) is 1. The second-order valence-corrected chi connectivity index (χ2v) is 5.46. The van der Waals surface area contributed by atoms with Crippen molar-refractivity contribution in [1.82, 2.24) is 5.32 Å². The number of carbonyl (C=O) groups excluding carboxylic acids is 2. The number of nitrogen functional groups attached to an aromatic ring is 1. The summed E-state index contributed by atoms with van der Waals surface area (Å²) in [6, 6.07) is 8.13. The average Bonchev–Trinajstić information content (AvgIpc) is 3.06. The topological polar surface area (TPSA) is 108 Å². The Bertz CT molecular complexity index is 670. The number of rotatable bonds is 5. The van der Waals surface area contributed by atoms with Gasteiger partial charge in [-0.2, -0.15) is 5.26 Å². The van der Waals surface area contributed by atoms with E-state index in [4.69, 9.17) is 10.5 Å². The summed E-state index contributed by atoms with van der Waals surface area (Å²) in [4.78, 5) is 25.4. The largest absolute Gasteiger partial charge is 0.399 e. The summed E-state index contributed by atoms with van der Waals surface area (Å²) in [6.45, 7) is 2.51. The normalized spacial score (nSPS) is 17.2. The first-order valence-corrected chi connectivity index (χ1v) is 7.68. The van der Waals surface area contributed by atoms with Crippen LogP contribution in [0.5, 0.6) is 0 Å². The summed E-state index contributed by atoms with van der Waals surface area (Å²) in [5.74, 6) is -1.17. The van der Waals surface area contributed by atoms with Crippen molar-refractivity contribution >= 4 is 23.2 Å². The Morgan fingerprint density at radius 1 is 1.46 bits per heavy atom. The minimum absolute atomic E-state index is 0.0808. The van der Waals surface area contributed by atoms with E-state index in [1.54, 1.807) is 24.3 Å². The van der Waals surface area contributed by atoms with Crippen LogP contribution in [0.2, 0.25) is 0 Å². The third-order valence-electron chi connectivity index (χ3n) is 3.64. The molecule has 126 valence electrons. The smallest absolute Gasteiger partial charge is 0.277 e. The van der Waals surface area contributed by atoms with Gasteiger partial charge in [0, 0.05) is 32.0 Å². The third-order valence-corrected chi connectivity index (χ3v) is 3.64. The fourth-order valence-corrected chi connectivity index (χ4v) is 2.43. The Morgan fingerprint density at radius 2 is 2.17 bits per heavy atom. The van der Waals surface area contributed by atoms with Crippen LogP contribution >= 0.6 is 0 Å². The molecule has 0 aliphatic carbocycles. The first kappa shape index (κ1) is 17.5. The molecule has 0 radical (unpaired) electrons. The Hall–Kier alpha value is -2.85. The predicted molar refractivity (Wildman–Crippen MR) is 89.7 cm³/mol. The maximum Gasteiger partial charge on any atom is 0.277 e. The zero-order valence-electron chi connectivity index (χ0n) is 13.5. The summed E-state index contributed by atoms with van der Waals surface area (Å²) < 4.78 is 5.46. The van der Waals surface area contributed by atoms with Gasteiger partial charge in [-0.1, -0.05) is 0 Å². The summed E-state index contributed by atoms with van der Waals surface area (Å²) in [5.41, 5.74) is 6.34. The Morgan fingerprint density at radius 3 is 2.71 bits per heavy atom. The van der Waals surface area contributed by atoms with Gasteiger partial charge in [-0.3, -0.25) is 9.59 Å². The van der Waals surface area contributed by atoms with Crippen molar-refractivity contribution in [3.05, 3.63) is 36.0 Å². The first-order valence-electron chi connectivity index (χ1n) is 7.68. The van der Waals surface area contributed by atoms with E-state index in [0.29, 0.717) is 17.9 Å². The molecule has 0 spiro atoms. The third kappa shape index (κ3) is 4.33. The van der Waals surface area contributed by atoms with Crippen LogP contribution in [0.4, 0.5) is 11.4 Å². The van der Waals surface area contributed by atoms with Crippen LogP contribution in [0.25, 0.3) is 0 Å². The molecule has 1 fully saturated rings. The summed E-state index contributed by atoms with van der Waals surface area (Å²) in [7, 11) is 0. The van der Waals surface area contributed by atoms with Gasteiger partial charge < -0.3 is 15.8 Å². The lowest BCUT2D eigenvalue weighted by molar-refractivity contribution is -0.123. The number of nitriles is 1. The van der Waals surface area contributed by atoms with Crippen LogP contribution in [0.15, 0.2) is 36.0 Å². The van der Waals surface area contributed by atoms with Crippen LogP contribution in [-0.4, -0.2) is 31.1 Å². The quantitative estimate of drug-likeness (QED) is 0.479. The summed E-state index contributed by atoms with van der Waals surface area (Å²) in [5, 5.41) is 12.2. The molecule has 7 nitrogen and oxygen atoms in total. The van der Waals surface area contributed by atoms with Crippen molar-refractivity contribution in [2.75, 3.05) is 23.8 Å². The van der Waals surface area contributed by atoms with Gasteiger partial charge in [0.15, 0.2) is 0 Å². The summed E-state index contributed by atoms with van der Waals surface area (Å²) >= 11 is 0. The second-order valence-electron chi connectivity index (χ2n) is 5.46. The van der Waals surface area contributed by atoms with E-state index in [2.05, 4.69) is 5.32 Å². The van der Waals surface area contributed by atoms with E-state index in [1.165, 1.54) is 13.1 Å². The van der Waals surface area contributed by atoms with E-state index in [1.807, 2.05) is 6.07 Å². The minimum Gasteiger partial charge on any atom is -0.399 e. The molecule has 1 unspecified atom stereocenters. The highest BCUT2D eigenvalue weighted by atomic mass is 16.5. The number of ether oxygens (including phenoxy) is 1. The van der Waals surface area contributed by atoms with Gasteiger partial charge >= 0.3 is 0 Å². The highest BCUT2D eigenvalue weighted by Crippen LogP contribution is 2.19. The summed E-state index contributed by atoms with van der Waals surface area (Å²) in [6.07, 6.45) is 3.37. The molecule has 1 atom stereocenters. The van der Waals surface area contributed by atoms with Gasteiger partial charge in [-0.25, -0.2) is 4.90 Å². The van der Waals surface area contributed by atoms with Crippen molar-refractivity contribution in [2.24, 2.45) is 0 Å². The van der Waals surface area contributed by atoms with Gasteiger partial charge in [0.1, 0.15) is 11.6 Å². The number of nitrogens with zero attached hydrogens (tertiary/aromatic N) is 2. The highest BCUT2D eigenvalue weighted by molar-refractivity contribution is 6.21. The SMILES string of the molecule is CC(=O)N(C(=O)/C(C#N)=C\NCC1CCCO1)c1ccc(N)cc1. The van der Waals surface area contributed by atoms with Crippen LogP contribution < -0.4 is 16.0 Å². The molecular formula is C17H20N4O3. The minimum atomic E-state index is -0.686. The van der Waals surface area contributed by atoms with Gasteiger partial charge in [0.25, 0.3) is 5.91 Å². The number of carbonyl (C=O) groups is 2. The molecule has 2 rings (SSSR count). The molecule has 1 heterocycles. The van der Waals surface area contributed by atoms with Gasteiger partial charge in [0.2, 0.25) is 5.91 Å². The number of nitrogens with one attached hydrogen (secondary N) is 1. The van der Waals surface area contributed by atoms with Crippen LogP contribution in [0, 0.1) is 11.3 Å². The van der Waals surface area contributed by atoms with Crippen molar-refractivity contribution in [2.45, 2.75) is 25.9 Å². The Kier molecular flexibility index (Phi) is 5.93. The molecule has 0 bridgehead atoms. The molecule has 1 aromatic carbocycles. The number of benzene rings is 1. The fraction of sp³-hybridized carbons (Fsp3) is 0.353. The number of hydrogen-bond acceptors (Lipinski definition) is 6. The number of hydrogen-bond donors (Lipinski definition) is 2. The van der Waals surface area contributed by atoms with E-state index >= 15 is 0 Å². The molecule has 2 amide bonds. The van der Waals surface area contributed by atoms with Crippen molar-refractivity contribution in [3.63, 3.8) is 0 Å². The van der Waals surface area contributed by atoms with Gasteiger partial charge in [0.05, 0.1) is 11.8 Å². The lowest BCUT2D eigenvalue weighted by Crippen LogP contribution is -2.36. The van der Waals surface area contributed by atoms with Crippen molar-refractivity contribution in [1.29, 1.82) is 5.26 Å². The lowest BCUT2D eigenvalue weighted by Gasteiger charge is -2.19. The lowest BCUT2D eigenvalue weighted by atomic mass is 10.2. The molecule has 1 aliphatic rings. The predicted octanol–water partition coefficient (Wildman–Crippen LogP) is 1.32. The molecule has 0 saturated carbocycles. The molecule has 24 heavy (non-hydrogen) atoms. The maximum atomic E-state index is 12.5.